The molecule has 2 heterocycles. The van der Waals surface area contributed by atoms with Gasteiger partial charge in [-0.1, -0.05) is 20.3 Å². The van der Waals surface area contributed by atoms with Gasteiger partial charge in [-0.3, -0.25) is 0 Å². The largest absolute Gasteiger partial charge is 0.370 e. The number of nitrogens with one attached hydrogen (secondary N) is 1. The number of anilines is 1. The Balaban J connectivity index is 2.36. The van der Waals surface area contributed by atoms with E-state index in [1.54, 1.807) is 6.20 Å². The number of nitrogens with zero attached hydrogens (tertiary/aromatic N) is 4. The summed E-state index contributed by atoms with van der Waals surface area (Å²) in [7, 11) is 1.96. The lowest BCUT2D eigenvalue weighted by Gasteiger charge is -2.09. The van der Waals surface area contributed by atoms with Crippen molar-refractivity contribution < 1.29 is 0 Å². The molecule has 0 bridgehead atoms. The van der Waals surface area contributed by atoms with Crippen molar-refractivity contribution in [3.8, 4) is 11.6 Å². The zero-order valence-electron chi connectivity index (χ0n) is 11.8. The minimum atomic E-state index is 0.692. The second-order valence-corrected chi connectivity index (χ2v) is 4.61. The molecular weight excluding hydrogens is 238 g/mol. The molecular formula is C14H21N5. The lowest BCUT2D eigenvalue weighted by molar-refractivity contribution is 0.855. The Hall–Kier alpha value is -1.91. The molecule has 5 heteroatoms. The predicted octanol–water partition coefficient (Wildman–Crippen LogP) is 2.65. The van der Waals surface area contributed by atoms with Crippen LogP contribution in [0.15, 0.2) is 18.5 Å². The molecule has 0 amide bonds. The SMILES string of the molecule is CCCNc1cc(CCC)nc(-c2nccn2C)n1. The van der Waals surface area contributed by atoms with Crippen molar-refractivity contribution in [1.29, 1.82) is 0 Å². The van der Waals surface area contributed by atoms with E-state index in [9.17, 15) is 0 Å². The van der Waals surface area contributed by atoms with Crippen molar-refractivity contribution >= 4 is 5.82 Å². The summed E-state index contributed by atoms with van der Waals surface area (Å²) in [5.74, 6) is 2.38. The van der Waals surface area contributed by atoms with E-state index in [-0.39, 0.29) is 0 Å². The third-order valence-corrected chi connectivity index (χ3v) is 2.86. The lowest BCUT2D eigenvalue weighted by atomic mass is 10.2. The number of aromatic nitrogens is 4. The minimum Gasteiger partial charge on any atom is -0.370 e. The van der Waals surface area contributed by atoms with E-state index in [4.69, 9.17) is 0 Å². The van der Waals surface area contributed by atoms with E-state index >= 15 is 0 Å². The van der Waals surface area contributed by atoms with Crippen LogP contribution in [0, 0.1) is 0 Å². The van der Waals surface area contributed by atoms with Gasteiger partial charge in [0.15, 0.2) is 11.6 Å². The average molecular weight is 259 g/mol. The molecule has 0 saturated carbocycles. The summed E-state index contributed by atoms with van der Waals surface area (Å²) in [6, 6.07) is 2.03. The predicted molar refractivity (Wildman–Crippen MR) is 77.0 cm³/mol. The third kappa shape index (κ3) is 3.30. The summed E-state index contributed by atoms with van der Waals surface area (Å²) in [5, 5.41) is 3.33. The van der Waals surface area contributed by atoms with Gasteiger partial charge in [0.2, 0.25) is 0 Å². The van der Waals surface area contributed by atoms with Crippen LogP contribution in [-0.2, 0) is 13.5 Å². The first-order valence-electron chi connectivity index (χ1n) is 6.84. The molecule has 1 N–H and O–H groups in total. The van der Waals surface area contributed by atoms with E-state index in [2.05, 4.69) is 34.1 Å². The van der Waals surface area contributed by atoms with Gasteiger partial charge in [0.25, 0.3) is 0 Å². The van der Waals surface area contributed by atoms with Crippen LogP contribution in [0.5, 0.6) is 0 Å². The minimum absolute atomic E-state index is 0.692. The van der Waals surface area contributed by atoms with E-state index in [1.807, 2.05) is 23.9 Å². The van der Waals surface area contributed by atoms with Gasteiger partial charge in [0, 0.05) is 37.7 Å². The maximum Gasteiger partial charge on any atom is 0.198 e. The van der Waals surface area contributed by atoms with Crippen molar-refractivity contribution in [1.82, 2.24) is 19.5 Å². The van der Waals surface area contributed by atoms with Gasteiger partial charge >= 0.3 is 0 Å². The summed E-state index contributed by atoms with van der Waals surface area (Å²) in [6.07, 6.45) is 6.78. The Bertz CT molecular complexity index is 532. The maximum absolute atomic E-state index is 4.60. The Kier molecular flexibility index (Phi) is 4.49. The molecule has 0 atom stereocenters. The molecule has 0 saturated heterocycles. The van der Waals surface area contributed by atoms with Crippen molar-refractivity contribution in [2.45, 2.75) is 33.1 Å². The van der Waals surface area contributed by atoms with E-state index in [0.29, 0.717) is 5.82 Å². The molecule has 19 heavy (non-hydrogen) atoms. The van der Waals surface area contributed by atoms with Gasteiger partial charge in [-0.05, 0) is 12.8 Å². The van der Waals surface area contributed by atoms with Gasteiger partial charge < -0.3 is 9.88 Å². The molecule has 0 unspecified atom stereocenters. The van der Waals surface area contributed by atoms with Crippen molar-refractivity contribution in [3.05, 3.63) is 24.2 Å². The molecule has 2 aromatic rings. The fourth-order valence-electron chi connectivity index (χ4n) is 1.91. The van der Waals surface area contributed by atoms with Crippen LogP contribution in [0.4, 0.5) is 5.82 Å². The van der Waals surface area contributed by atoms with E-state index in [0.717, 1.165) is 43.1 Å². The second kappa shape index (κ2) is 6.31. The first-order valence-corrected chi connectivity index (χ1v) is 6.84. The van der Waals surface area contributed by atoms with Crippen LogP contribution < -0.4 is 5.32 Å². The summed E-state index contributed by atoms with van der Waals surface area (Å²) < 4.78 is 1.94. The van der Waals surface area contributed by atoms with Gasteiger partial charge in [0.1, 0.15) is 5.82 Å². The maximum atomic E-state index is 4.60. The van der Waals surface area contributed by atoms with Gasteiger partial charge in [-0.2, -0.15) is 0 Å². The molecule has 2 rings (SSSR count). The fourth-order valence-corrected chi connectivity index (χ4v) is 1.91. The van der Waals surface area contributed by atoms with Crippen molar-refractivity contribution in [2.24, 2.45) is 7.05 Å². The second-order valence-electron chi connectivity index (χ2n) is 4.61. The normalized spacial score (nSPS) is 10.7. The van der Waals surface area contributed by atoms with E-state index in [1.165, 1.54) is 0 Å². The molecule has 0 aliphatic heterocycles. The molecule has 0 spiro atoms. The number of hydrogen-bond acceptors (Lipinski definition) is 4. The number of hydrogen-bond donors (Lipinski definition) is 1. The average Bonchev–Trinajstić information content (AvgIpc) is 2.83. The van der Waals surface area contributed by atoms with E-state index < -0.39 is 0 Å². The van der Waals surface area contributed by atoms with Crippen LogP contribution in [0.3, 0.4) is 0 Å². The third-order valence-electron chi connectivity index (χ3n) is 2.86. The monoisotopic (exact) mass is 259 g/mol. The van der Waals surface area contributed by atoms with Crippen molar-refractivity contribution in [2.75, 3.05) is 11.9 Å². The highest BCUT2D eigenvalue weighted by Crippen LogP contribution is 2.16. The zero-order valence-corrected chi connectivity index (χ0v) is 11.8. The number of imidazole rings is 1. The molecule has 0 radical (unpaired) electrons. The summed E-state index contributed by atoms with van der Waals surface area (Å²) >= 11 is 0. The standard InChI is InChI=1S/C14H21N5/c1-4-6-11-10-12(15-7-5-2)18-13(17-11)14-16-8-9-19(14)3/h8-10H,4-7H2,1-3H3,(H,15,17,18). The number of rotatable bonds is 6. The summed E-state index contributed by atoms with van der Waals surface area (Å²) in [6.45, 7) is 5.21. The smallest absolute Gasteiger partial charge is 0.198 e. The zero-order chi connectivity index (χ0) is 13.7. The molecule has 0 aliphatic carbocycles. The molecule has 0 fully saturated rings. The van der Waals surface area contributed by atoms with Crippen molar-refractivity contribution in [3.63, 3.8) is 0 Å². The quantitative estimate of drug-likeness (QED) is 0.866. The first kappa shape index (κ1) is 13.5. The van der Waals surface area contributed by atoms with Gasteiger partial charge in [-0.15, -0.1) is 0 Å². The lowest BCUT2D eigenvalue weighted by Crippen LogP contribution is -2.07. The Morgan fingerprint density at radius 2 is 2.05 bits per heavy atom. The molecule has 0 aromatic carbocycles. The highest BCUT2D eigenvalue weighted by atomic mass is 15.1. The Morgan fingerprint density at radius 3 is 2.68 bits per heavy atom. The van der Waals surface area contributed by atoms with Gasteiger partial charge in [0.05, 0.1) is 0 Å². The van der Waals surface area contributed by atoms with Crippen LogP contribution in [0.25, 0.3) is 11.6 Å². The molecule has 0 aliphatic rings. The van der Waals surface area contributed by atoms with Crippen LogP contribution >= 0.6 is 0 Å². The topological polar surface area (TPSA) is 55.6 Å². The Labute approximate surface area is 114 Å². The summed E-state index contributed by atoms with van der Waals surface area (Å²) in [4.78, 5) is 13.5. The Morgan fingerprint density at radius 1 is 1.21 bits per heavy atom. The number of aryl methyl sites for hydroxylation is 2. The molecule has 102 valence electrons. The fraction of sp³-hybridized carbons (Fsp3) is 0.500. The highest BCUT2D eigenvalue weighted by molar-refractivity contribution is 5.50. The summed E-state index contributed by atoms with van der Waals surface area (Å²) in [5.41, 5.74) is 1.06. The first-order chi connectivity index (χ1) is 9.24. The van der Waals surface area contributed by atoms with Crippen LogP contribution in [0.1, 0.15) is 32.4 Å². The van der Waals surface area contributed by atoms with Crippen LogP contribution in [0.2, 0.25) is 0 Å². The molecule has 2 aromatic heterocycles. The van der Waals surface area contributed by atoms with Gasteiger partial charge in [-0.25, -0.2) is 15.0 Å². The highest BCUT2D eigenvalue weighted by Gasteiger charge is 2.10. The van der Waals surface area contributed by atoms with Crippen LogP contribution in [-0.4, -0.2) is 26.1 Å². The molecule has 5 nitrogen and oxygen atoms in total.